The summed E-state index contributed by atoms with van der Waals surface area (Å²) in [6.45, 7) is 3.43. The van der Waals surface area contributed by atoms with Crippen molar-refractivity contribution in [1.82, 2.24) is 4.98 Å². The van der Waals surface area contributed by atoms with Crippen LogP contribution in [0.4, 0.5) is 0 Å². The monoisotopic (exact) mass is 312 g/mol. The Morgan fingerprint density at radius 1 is 1.30 bits per heavy atom. The van der Waals surface area contributed by atoms with Gasteiger partial charge in [0.1, 0.15) is 11.6 Å². The van der Waals surface area contributed by atoms with Crippen molar-refractivity contribution in [3.8, 4) is 28.7 Å². The number of aromatic amines is 1. The van der Waals surface area contributed by atoms with E-state index in [1.165, 1.54) is 7.11 Å². The lowest BCUT2D eigenvalue weighted by atomic mass is 10.0. The van der Waals surface area contributed by atoms with Crippen molar-refractivity contribution in [2.45, 2.75) is 20.3 Å². The second-order valence-electron chi connectivity index (χ2n) is 4.88. The van der Waals surface area contributed by atoms with Gasteiger partial charge in [-0.3, -0.25) is 9.59 Å². The smallest absolute Gasteiger partial charge is 0.311 e. The average molecular weight is 312 g/mol. The predicted octanol–water partition coefficient (Wildman–Crippen LogP) is 2.55. The first kappa shape index (κ1) is 16.3. The van der Waals surface area contributed by atoms with E-state index in [-0.39, 0.29) is 18.0 Å². The van der Waals surface area contributed by atoms with Crippen LogP contribution in [0.1, 0.15) is 24.6 Å². The molecule has 0 spiro atoms. The van der Waals surface area contributed by atoms with Crippen LogP contribution < -0.4 is 15.0 Å². The van der Waals surface area contributed by atoms with Crippen molar-refractivity contribution in [3.05, 3.63) is 45.9 Å². The summed E-state index contributed by atoms with van der Waals surface area (Å²) in [6.07, 6.45) is 0.247. The van der Waals surface area contributed by atoms with Gasteiger partial charge < -0.3 is 14.5 Å². The molecular formula is C17H16N2O4. The molecule has 0 bridgehead atoms. The number of ether oxygens (including phenoxy) is 2. The first-order valence-electron chi connectivity index (χ1n) is 7.03. The third kappa shape index (κ3) is 3.40. The summed E-state index contributed by atoms with van der Waals surface area (Å²) >= 11 is 0. The lowest BCUT2D eigenvalue weighted by Crippen LogP contribution is -2.12. The van der Waals surface area contributed by atoms with Crippen molar-refractivity contribution in [2.24, 2.45) is 0 Å². The number of methoxy groups -OCH3 is 1. The summed E-state index contributed by atoms with van der Waals surface area (Å²) in [7, 11) is 1.46. The number of hydrogen-bond acceptors (Lipinski definition) is 5. The van der Waals surface area contributed by atoms with E-state index in [0.717, 1.165) is 0 Å². The highest BCUT2D eigenvalue weighted by molar-refractivity contribution is 5.76. The molecule has 6 heteroatoms. The Labute approximate surface area is 133 Å². The number of pyridine rings is 1. The number of hydrogen-bond donors (Lipinski definition) is 1. The Morgan fingerprint density at radius 2 is 2.04 bits per heavy atom. The van der Waals surface area contributed by atoms with E-state index >= 15 is 0 Å². The Bertz CT molecular complexity index is 847. The minimum atomic E-state index is -0.442. The van der Waals surface area contributed by atoms with Gasteiger partial charge >= 0.3 is 5.97 Å². The molecule has 6 nitrogen and oxygen atoms in total. The van der Waals surface area contributed by atoms with Crippen molar-refractivity contribution in [3.63, 3.8) is 0 Å². The van der Waals surface area contributed by atoms with Crippen LogP contribution >= 0.6 is 0 Å². The number of carbonyl (C=O) groups is 1. The Balaban J connectivity index is 2.57. The van der Waals surface area contributed by atoms with Gasteiger partial charge in [-0.25, -0.2) is 0 Å². The van der Waals surface area contributed by atoms with Gasteiger partial charge in [-0.15, -0.1) is 0 Å². The molecule has 1 aromatic heterocycles. The number of nitrogens with one attached hydrogen (secondary N) is 1. The summed E-state index contributed by atoms with van der Waals surface area (Å²) in [4.78, 5) is 25.9. The summed E-state index contributed by atoms with van der Waals surface area (Å²) in [5.74, 6) is 0.273. The fourth-order valence-corrected chi connectivity index (χ4v) is 2.14. The largest absolute Gasteiger partial charge is 0.493 e. The van der Waals surface area contributed by atoms with E-state index in [1.807, 2.05) is 6.07 Å². The zero-order valence-corrected chi connectivity index (χ0v) is 13.1. The third-order valence-corrected chi connectivity index (χ3v) is 3.27. The maximum absolute atomic E-state index is 11.9. The van der Waals surface area contributed by atoms with Gasteiger partial charge in [0, 0.05) is 17.7 Å². The van der Waals surface area contributed by atoms with Crippen LogP contribution in [0.5, 0.6) is 11.5 Å². The molecule has 23 heavy (non-hydrogen) atoms. The molecule has 1 N–H and O–H groups in total. The van der Waals surface area contributed by atoms with E-state index in [1.54, 1.807) is 38.1 Å². The molecule has 1 heterocycles. The van der Waals surface area contributed by atoms with E-state index in [9.17, 15) is 14.9 Å². The van der Waals surface area contributed by atoms with Crippen LogP contribution in [0.15, 0.2) is 29.1 Å². The molecule has 0 aliphatic carbocycles. The molecule has 0 saturated heterocycles. The quantitative estimate of drug-likeness (QED) is 0.692. The maximum atomic E-state index is 11.9. The molecule has 2 rings (SSSR count). The molecular weight excluding hydrogens is 296 g/mol. The van der Waals surface area contributed by atoms with Gasteiger partial charge in [0.15, 0.2) is 11.5 Å². The molecule has 118 valence electrons. The lowest BCUT2D eigenvalue weighted by molar-refractivity contribution is -0.134. The maximum Gasteiger partial charge on any atom is 0.311 e. The van der Waals surface area contributed by atoms with E-state index in [0.29, 0.717) is 28.3 Å². The second-order valence-corrected chi connectivity index (χ2v) is 4.88. The van der Waals surface area contributed by atoms with Gasteiger partial charge in [0.05, 0.1) is 7.11 Å². The zero-order valence-electron chi connectivity index (χ0n) is 13.1. The molecule has 0 aliphatic heterocycles. The van der Waals surface area contributed by atoms with Gasteiger partial charge in [-0.05, 0) is 30.7 Å². The SMILES string of the molecule is CCC(=O)Oc1ccc(-c2cc(C)[nH]c(=O)c2C#N)cc1OC. The fraction of sp³-hybridized carbons (Fsp3) is 0.235. The highest BCUT2D eigenvalue weighted by atomic mass is 16.6. The molecule has 0 fully saturated rings. The molecule has 0 saturated carbocycles. The van der Waals surface area contributed by atoms with Gasteiger partial charge in [-0.1, -0.05) is 13.0 Å². The number of carbonyl (C=O) groups excluding carboxylic acids is 1. The Hall–Kier alpha value is -3.07. The number of nitrogens with zero attached hydrogens (tertiary/aromatic N) is 1. The average Bonchev–Trinajstić information content (AvgIpc) is 2.54. The van der Waals surface area contributed by atoms with Gasteiger partial charge in [0.2, 0.25) is 0 Å². The standard InChI is InChI=1S/C17H16N2O4/c1-4-16(20)23-14-6-5-11(8-15(14)22-3)12-7-10(2)19-17(21)13(12)9-18/h5-8H,4H2,1-3H3,(H,19,21). The lowest BCUT2D eigenvalue weighted by Gasteiger charge is -2.11. The highest BCUT2D eigenvalue weighted by Crippen LogP contribution is 2.33. The molecule has 0 unspecified atom stereocenters. The zero-order chi connectivity index (χ0) is 17.0. The number of esters is 1. The predicted molar refractivity (Wildman–Crippen MR) is 84.4 cm³/mol. The Morgan fingerprint density at radius 3 is 2.65 bits per heavy atom. The van der Waals surface area contributed by atoms with Crippen molar-refractivity contribution in [1.29, 1.82) is 5.26 Å². The summed E-state index contributed by atoms with van der Waals surface area (Å²) in [5.41, 5.74) is 1.35. The Kier molecular flexibility index (Phi) is 4.82. The van der Waals surface area contributed by atoms with Crippen LogP contribution in [0, 0.1) is 18.3 Å². The second kappa shape index (κ2) is 6.79. The number of rotatable bonds is 4. The molecule has 0 amide bonds. The molecule has 0 aliphatic rings. The number of nitriles is 1. The summed E-state index contributed by atoms with van der Waals surface area (Å²) < 4.78 is 10.4. The normalized spacial score (nSPS) is 10.0. The van der Waals surface area contributed by atoms with E-state index in [4.69, 9.17) is 9.47 Å². The molecule has 2 aromatic rings. The fourth-order valence-electron chi connectivity index (χ4n) is 2.14. The first-order valence-corrected chi connectivity index (χ1v) is 7.03. The van der Waals surface area contributed by atoms with Crippen LogP contribution in [0.2, 0.25) is 0 Å². The topological polar surface area (TPSA) is 92.2 Å². The number of aromatic nitrogens is 1. The van der Waals surface area contributed by atoms with Crippen LogP contribution in [0.25, 0.3) is 11.1 Å². The van der Waals surface area contributed by atoms with Gasteiger partial charge in [0.25, 0.3) is 5.56 Å². The van der Waals surface area contributed by atoms with Crippen LogP contribution in [-0.4, -0.2) is 18.1 Å². The first-order chi connectivity index (χ1) is 11.0. The number of aryl methyl sites for hydroxylation is 1. The van der Waals surface area contributed by atoms with Gasteiger partial charge in [-0.2, -0.15) is 5.26 Å². The molecule has 1 aromatic carbocycles. The molecule has 0 radical (unpaired) electrons. The van der Waals surface area contributed by atoms with E-state index < -0.39 is 5.56 Å². The highest BCUT2D eigenvalue weighted by Gasteiger charge is 2.14. The van der Waals surface area contributed by atoms with E-state index in [2.05, 4.69) is 4.98 Å². The minimum Gasteiger partial charge on any atom is -0.493 e. The van der Waals surface area contributed by atoms with Crippen molar-refractivity contribution >= 4 is 5.97 Å². The van der Waals surface area contributed by atoms with Crippen LogP contribution in [-0.2, 0) is 4.79 Å². The number of H-pyrrole nitrogens is 1. The third-order valence-electron chi connectivity index (χ3n) is 3.27. The van der Waals surface area contributed by atoms with Crippen molar-refractivity contribution < 1.29 is 14.3 Å². The van der Waals surface area contributed by atoms with Crippen LogP contribution in [0.3, 0.4) is 0 Å². The minimum absolute atomic E-state index is 0.0240. The summed E-state index contributed by atoms with van der Waals surface area (Å²) in [5, 5.41) is 9.21. The molecule has 0 atom stereocenters. The summed E-state index contributed by atoms with van der Waals surface area (Å²) in [6, 6.07) is 8.52. The number of benzene rings is 1. The van der Waals surface area contributed by atoms with Crippen molar-refractivity contribution in [2.75, 3.05) is 7.11 Å².